The number of rotatable bonds is 7. The number of allylic oxidation sites excluding steroid dienone is 3. The molecule has 176 valence electrons. The summed E-state index contributed by atoms with van der Waals surface area (Å²) in [5.74, 6) is -2.14. The van der Waals surface area contributed by atoms with Gasteiger partial charge in [-0.2, -0.15) is 5.10 Å². The number of nitrogens with zero attached hydrogens (tertiary/aromatic N) is 2. The van der Waals surface area contributed by atoms with Crippen LogP contribution in [0.5, 0.6) is 0 Å². The van der Waals surface area contributed by atoms with Crippen molar-refractivity contribution in [1.82, 2.24) is 5.01 Å². The van der Waals surface area contributed by atoms with Gasteiger partial charge >= 0.3 is 11.9 Å². The van der Waals surface area contributed by atoms with Crippen LogP contribution in [0, 0.1) is 11.8 Å². The van der Waals surface area contributed by atoms with E-state index in [1.807, 2.05) is 63.3 Å². The van der Waals surface area contributed by atoms with Crippen LogP contribution in [-0.4, -0.2) is 46.8 Å². The predicted molar refractivity (Wildman–Crippen MR) is 126 cm³/mol. The van der Waals surface area contributed by atoms with Crippen LogP contribution in [0.15, 0.2) is 58.7 Å². The Morgan fingerprint density at radius 3 is 2.39 bits per heavy atom. The van der Waals surface area contributed by atoms with Gasteiger partial charge in [-0.3, -0.25) is 14.4 Å². The number of ether oxygens (including phenoxy) is 1. The molecule has 7 nitrogen and oxygen atoms in total. The topological polar surface area (TPSA) is 96.3 Å². The van der Waals surface area contributed by atoms with Crippen LogP contribution in [0.2, 0.25) is 0 Å². The zero-order valence-corrected chi connectivity index (χ0v) is 19.7. The van der Waals surface area contributed by atoms with E-state index in [9.17, 15) is 19.5 Å². The number of hydrazone groups is 1. The van der Waals surface area contributed by atoms with Gasteiger partial charge in [0.25, 0.3) is 5.91 Å². The molecule has 7 heteroatoms. The van der Waals surface area contributed by atoms with Crippen LogP contribution >= 0.6 is 0 Å². The molecule has 1 N–H and O–H groups in total. The first kappa shape index (κ1) is 24.4. The second-order valence-corrected chi connectivity index (χ2v) is 8.90. The minimum absolute atomic E-state index is 0.0744. The highest BCUT2D eigenvalue weighted by Gasteiger charge is 2.36. The van der Waals surface area contributed by atoms with Crippen molar-refractivity contribution in [3.8, 4) is 0 Å². The summed E-state index contributed by atoms with van der Waals surface area (Å²) in [6, 6.07) is 9.67. The van der Waals surface area contributed by atoms with Crippen LogP contribution < -0.4 is 0 Å². The highest BCUT2D eigenvalue weighted by Crippen LogP contribution is 2.32. The number of aliphatic carboxylic acids is 1. The first-order chi connectivity index (χ1) is 15.7. The Morgan fingerprint density at radius 1 is 1.18 bits per heavy atom. The number of hydrogen-bond donors (Lipinski definition) is 1. The van der Waals surface area contributed by atoms with Crippen LogP contribution in [0.25, 0.3) is 0 Å². The number of amides is 1. The van der Waals surface area contributed by atoms with Crippen LogP contribution in [0.3, 0.4) is 0 Å². The Balaban J connectivity index is 1.81. The molecule has 1 aromatic carbocycles. The molecule has 2 aliphatic rings. The number of methoxy groups -OCH3 is 1. The van der Waals surface area contributed by atoms with Gasteiger partial charge in [0, 0.05) is 5.92 Å². The molecule has 1 aromatic rings. The third kappa shape index (κ3) is 5.59. The summed E-state index contributed by atoms with van der Waals surface area (Å²) in [5, 5.41) is 15.2. The molecule has 1 amide bonds. The van der Waals surface area contributed by atoms with Crippen molar-refractivity contribution in [2.45, 2.75) is 58.4 Å². The molecule has 1 fully saturated rings. The number of carboxylic acids is 1. The standard InChI is InChI=1S/C26H32N2O5/c1-16(14-22(17(2)26(32)33-4)19-8-6-5-7-9-19)15-23-18(3)27-28(24(23)29)21-12-10-20(11-13-21)25(30)31/h5-9,14-15,17,20-22H,10-13H2,1-4H3,(H,30,31)/b16-14+,23-15-. The second kappa shape index (κ2) is 10.6. The van der Waals surface area contributed by atoms with Gasteiger partial charge < -0.3 is 9.84 Å². The number of esters is 1. The molecule has 0 aromatic heterocycles. The van der Waals surface area contributed by atoms with E-state index in [0.29, 0.717) is 37.0 Å². The molecule has 1 aliphatic carbocycles. The molecule has 1 heterocycles. The summed E-state index contributed by atoms with van der Waals surface area (Å²) in [7, 11) is 1.38. The molecule has 2 unspecified atom stereocenters. The smallest absolute Gasteiger partial charge is 0.309 e. The molecule has 1 saturated carbocycles. The maximum atomic E-state index is 13.1. The van der Waals surface area contributed by atoms with Crippen LogP contribution in [0.1, 0.15) is 57.9 Å². The summed E-state index contributed by atoms with van der Waals surface area (Å²) in [6.45, 7) is 5.56. The van der Waals surface area contributed by atoms with Gasteiger partial charge in [-0.25, -0.2) is 5.01 Å². The van der Waals surface area contributed by atoms with Gasteiger partial charge in [0.1, 0.15) is 0 Å². The minimum atomic E-state index is -0.767. The van der Waals surface area contributed by atoms with E-state index in [2.05, 4.69) is 5.10 Å². The molecule has 0 bridgehead atoms. The SMILES string of the molecule is COC(=O)C(C)C(/C=C(C)/C=C1\C(=O)N(C2CCC(C(=O)O)CC2)N=C1C)c1ccccc1. The van der Waals surface area contributed by atoms with E-state index in [4.69, 9.17) is 4.74 Å². The average molecular weight is 453 g/mol. The van der Waals surface area contributed by atoms with Crippen molar-refractivity contribution in [2.24, 2.45) is 16.9 Å². The monoisotopic (exact) mass is 452 g/mol. The Labute approximate surface area is 194 Å². The first-order valence-electron chi connectivity index (χ1n) is 11.4. The minimum Gasteiger partial charge on any atom is -0.481 e. The lowest BCUT2D eigenvalue weighted by Gasteiger charge is -2.30. The van der Waals surface area contributed by atoms with Crippen molar-refractivity contribution >= 4 is 23.6 Å². The van der Waals surface area contributed by atoms with Gasteiger partial charge in [-0.15, -0.1) is 0 Å². The van der Waals surface area contributed by atoms with E-state index in [-0.39, 0.29) is 35.7 Å². The molecule has 0 radical (unpaired) electrons. The van der Waals surface area contributed by atoms with Crippen molar-refractivity contribution in [1.29, 1.82) is 0 Å². The Morgan fingerprint density at radius 2 is 1.82 bits per heavy atom. The molecular weight excluding hydrogens is 420 g/mol. The fourth-order valence-electron chi connectivity index (χ4n) is 4.62. The van der Waals surface area contributed by atoms with Crippen molar-refractivity contribution in [2.75, 3.05) is 7.11 Å². The van der Waals surface area contributed by atoms with Gasteiger partial charge in [0.15, 0.2) is 0 Å². The number of benzene rings is 1. The molecule has 2 atom stereocenters. The highest BCUT2D eigenvalue weighted by molar-refractivity contribution is 6.24. The first-order valence-corrected chi connectivity index (χ1v) is 11.4. The molecule has 0 spiro atoms. The molecule has 3 rings (SSSR count). The maximum absolute atomic E-state index is 13.1. The van der Waals surface area contributed by atoms with Gasteiger partial charge in [0.05, 0.1) is 36.3 Å². The largest absolute Gasteiger partial charge is 0.481 e. The van der Waals surface area contributed by atoms with E-state index in [0.717, 1.165) is 11.1 Å². The number of carbonyl (C=O) groups excluding carboxylic acids is 2. The third-order valence-electron chi connectivity index (χ3n) is 6.59. The van der Waals surface area contributed by atoms with Crippen molar-refractivity contribution in [3.05, 3.63) is 59.2 Å². The highest BCUT2D eigenvalue weighted by atomic mass is 16.5. The molecule has 0 saturated heterocycles. The maximum Gasteiger partial charge on any atom is 0.309 e. The second-order valence-electron chi connectivity index (χ2n) is 8.90. The summed E-state index contributed by atoms with van der Waals surface area (Å²) in [6.07, 6.45) is 6.19. The van der Waals surface area contributed by atoms with E-state index in [1.54, 1.807) is 0 Å². The van der Waals surface area contributed by atoms with Gasteiger partial charge in [-0.1, -0.05) is 48.9 Å². The lowest BCUT2D eigenvalue weighted by molar-refractivity contribution is -0.145. The van der Waals surface area contributed by atoms with E-state index >= 15 is 0 Å². The lowest BCUT2D eigenvalue weighted by Crippen LogP contribution is -2.37. The Kier molecular flexibility index (Phi) is 7.84. The summed E-state index contributed by atoms with van der Waals surface area (Å²) in [4.78, 5) is 36.6. The van der Waals surface area contributed by atoms with E-state index < -0.39 is 5.97 Å². The summed E-state index contributed by atoms with van der Waals surface area (Å²) in [5.41, 5.74) is 3.02. The fraction of sp³-hybridized carbons (Fsp3) is 0.462. The van der Waals surface area contributed by atoms with Gasteiger partial charge in [-0.05, 0) is 51.2 Å². The van der Waals surface area contributed by atoms with Gasteiger partial charge in [0.2, 0.25) is 0 Å². The Hall–Kier alpha value is -3.22. The van der Waals surface area contributed by atoms with Crippen molar-refractivity contribution < 1.29 is 24.2 Å². The summed E-state index contributed by atoms with van der Waals surface area (Å²) >= 11 is 0. The number of carbonyl (C=O) groups is 3. The van der Waals surface area contributed by atoms with E-state index in [1.165, 1.54) is 12.1 Å². The predicted octanol–water partition coefficient (Wildman–Crippen LogP) is 4.31. The fourth-order valence-corrected chi connectivity index (χ4v) is 4.62. The molecule has 33 heavy (non-hydrogen) atoms. The molecular formula is C26H32N2O5. The normalized spacial score (nSPS) is 24.4. The van der Waals surface area contributed by atoms with Crippen molar-refractivity contribution in [3.63, 3.8) is 0 Å². The average Bonchev–Trinajstić information content (AvgIpc) is 3.10. The number of carboxylic acid groups (broad SMARTS) is 1. The summed E-state index contributed by atoms with van der Waals surface area (Å²) < 4.78 is 4.97. The third-order valence-corrected chi connectivity index (χ3v) is 6.59. The van der Waals surface area contributed by atoms with Crippen LogP contribution in [-0.2, 0) is 19.1 Å². The quantitative estimate of drug-likeness (QED) is 0.491. The zero-order valence-electron chi connectivity index (χ0n) is 19.7. The lowest BCUT2D eigenvalue weighted by atomic mass is 9.85. The molecule has 1 aliphatic heterocycles. The van der Waals surface area contributed by atoms with Crippen LogP contribution in [0.4, 0.5) is 0 Å². The Bertz CT molecular complexity index is 987. The zero-order chi connectivity index (χ0) is 24.1. The number of hydrogen-bond acceptors (Lipinski definition) is 5.